The van der Waals surface area contributed by atoms with Gasteiger partial charge in [-0.25, -0.2) is 0 Å². The average molecular weight is 352 g/mol. The van der Waals surface area contributed by atoms with Gasteiger partial charge >= 0.3 is 0 Å². The second-order valence-corrected chi connectivity index (χ2v) is 6.78. The number of rotatable bonds is 8. The average Bonchev–Trinajstić information content (AvgIpc) is 2.67. The van der Waals surface area contributed by atoms with Crippen LogP contribution < -0.4 is 10.6 Å². The van der Waals surface area contributed by atoms with Crippen LogP contribution in [0.1, 0.15) is 61.0 Å². The lowest BCUT2D eigenvalue weighted by Crippen LogP contribution is -2.32. The number of hydrogen-bond donors (Lipinski definition) is 2. The molecule has 4 heteroatoms. The van der Waals surface area contributed by atoms with Gasteiger partial charge in [-0.1, -0.05) is 56.3 Å². The molecule has 0 radical (unpaired) electrons. The number of amides is 2. The molecule has 0 aliphatic carbocycles. The van der Waals surface area contributed by atoms with Crippen molar-refractivity contribution in [2.45, 2.75) is 52.1 Å². The van der Waals surface area contributed by atoms with Crippen LogP contribution in [0.5, 0.6) is 0 Å². The minimum atomic E-state index is -0.0785. The van der Waals surface area contributed by atoms with Gasteiger partial charge in [0.2, 0.25) is 5.91 Å². The second-order valence-electron chi connectivity index (χ2n) is 6.78. The van der Waals surface area contributed by atoms with E-state index in [4.69, 9.17) is 0 Å². The maximum absolute atomic E-state index is 12.2. The highest BCUT2D eigenvalue weighted by molar-refractivity contribution is 5.94. The summed E-state index contributed by atoms with van der Waals surface area (Å²) in [6.07, 6.45) is 1.33. The quantitative estimate of drug-likeness (QED) is 0.754. The first kappa shape index (κ1) is 19.7. The number of hydrogen-bond acceptors (Lipinski definition) is 2. The molecule has 0 unspecified atom stereocenters. The molecule has 0 aliphatic heterocycles. The van der Waals surface area contributed by atoms with Crippen LogP contribution in [0.2, 0.25) is 0 Å². The van der Waals surface area contributed by atoms with E-state index >= 15 is 0 Å². The van der Waals surface area contributed by atoms with Crippen molar-refractivity contribution in [3.8, 4) is 0 Å². The number of benzene rings is 2. The van der Waals surface area contributed by atoms with E-state index in [1.807, 2.05) is 62.4 Å². The van der Waals surface area contributed by atoms with Crippen molar-refractivity contribution in [2.75, 3.05) is 0 Å². The van der Waals surface area contributed by atoms with Crippen molar-refractivity contribution in [1.29, 1.82) is 0 Å². The van der Waals surface area contributed by atoms with Gasteiger partial charge in [-0.3, -0.25) is 9.59 Å². The van der Waals surface area contributed by atoms with Crippen molar-refractivity contribution in [3.63, 3.8) is 0 Å². The SMILES string of the molecule is CC[C@H](C)NC(=O)c1cccc(CNC(=O)C[C@@H](C)c2ccccc2)c1. The lowest BCUT2D eigenvalue weighted by atomic mass is 9.97. The Morgan fingerprint density at radius 2 is 1.73 bits per heavy atom. The Morgan fingerprint density at radius 3 is 2.42 bits per heavy atom. The van der Waals surface area contributed by atoms with E-state index in [0.717, 1.165) is 17.5 Å². The summed E-state index contributed by atoms with van der Waals surface area (Å²) in [6.45, 7) is 6.49. The summed E-state index contributed by atoms with van der Waals surface area (Å²) in [7, 11) is 0. The fourth-order valence-electron chi connectivity index (χ4n) is 2.68. The molecule has 2 N–H and O–H groups in total. The molecule has 138 valence electrons. The van der Waals surface area contributed by atoms with Gasteiger partial charge in [0.05, 0.1) is 0 Å². The van der Waals surface area contributed by atoms with E-state index in [9.17, 15) is 9.59 Å². The molecule has 2 amide bonds. The zero-order chi connectivity index (χ0) is 18.9. The standard InChI is InChI=1S/C22H28N2O2/c1-4-17(3)24-22(26)20-12-8-9-18(14-20)15-23-21(25)13-16(2)19-10-6-5-7-11-19/h5-12,14,16-17H,4,13,15H2,1-3H3,(H,23,25)(H,24,26)/t16-,17+/m1/s1. The van der Waals surface area contributed by atoms with Crippen LogP contribution in [-0.2, 0) is 11.3 Å². The molecule has 0 aliphatic rings. The molecular weight excluding hydrogens is 324 g/mol. The zero-order valence-corrected chi connectivity index (χ0v) is 15.8. The highest BCUT2D eigenvalue weighted by Gasteiger charge is 2.12. The molecule has 0 heterocycles. The third kappa shape index (κ3) is 6.03. The third-order valence-corrected chi connectivity index (χ3v) is 4.53. The van der Waals surface area contributed by atoms with Gasteiger partial charge in [0, 0.05) is 24.6 Å². The van der Waals surface area contributed by atoms with E-state index in [0.29, 0.717) is 18.5 Å². The van der Waals surface area contributed by atoms with E-state index in [1.54, 1.807) is 6.07 Å². The maximum Gasteiger partial charge on any atom is 0.251 e. The Kier molecular flexibility index (Phi) is 7.39. The van der Waals surface area contributed by atoms with Crippen molar-refractivity contribution in [2.24, 2.45) is 0 Å². The van der Waals surface area contributed by atoms with Crippen LogP contribution in [0.3, 0.4) is 0 Å². The maximum atomic E-state index is 12.2. The van der Waals surface area contributed by atoms with Gasteiger partial charge in [0.15, 0.2) is 0 Å². The van der Waals surface area contributed by atoms with Gasteiger partial charge in [0.25, 0.3) is 5.91 Å². The summed E-state index contributed by atoms with van der Waals surface area (Å²) < 4.78 is 0. The summed E-state index contributed by atoms with van der Waals surface area (Å²) >= 11 is 0. The van der Waals surface area contributed by atoms with Gasteiger partial charge in [0.1, 0.15) is 0 Å². The van der Waals surface area contributed by atoms with Crippen molar-refractivity contribution >= 4 is 11.8 Å². The third-order valence-electron chi connectivity index (χ3n) is 4.53. The van der Waals surface area contributed by atoms with Gasteiger partial charge in [-0.15, -0.1) is 0 Å². The van der Waals surface area contributed by atoms with Crippen molar-refractivity contribution < 1.29 is 9.59 Å². The van der Waals surface area contributed by atoms with Crippen LogP contribution >= 0.6 is 0 Å². The first-order valence-electron chi connectivity index (χ1n) is 9.21. The van der Waals surface area contributed by atoms with Crippen LogP contribution in [0, 0.1) is 0 Å². The molecule has 0 saturated heterocycles. The highest BCUT2D eigenvalue weighted by atomic mass is 16.2. The Balaban J connectivity index is 1.88. The minimum absolute atomic E-state index is 0.0100. The molecule has 0 bridgehead atoms. The Bertz CT molecular complexity index is 728. The molecule has 2 rings (SSSR count). The van der Waals surface area contributed by atoms with E-state index in [1.165, 1.54) is 0 Å². The van der Waals surface area contributed by atoms with Gasteiger partial charge in [-0.2, -0.15) is 0 Å². The van der Waals surface area contributed by atoms with E-state index in [-0.39, 0.29) is 23.8 Å². The fraction of sp³-hybridized carbons (Fsp3) is 0.364. The summed E-state index contributed by atoms with van der Waals surface area (Å²) in [5, 5.41) is 5.90. The van der Waals surface area contributed by atoms with Gasteiger partial charge < -0.3 is 10.6 Å². The highest BCUT2D eigenvalue weighted by Crippen LogP contribution is 2.18. The summed E-state index contributed by atoms with van der Waals surface area (Å²) in [4.78, 5) is 24.4. The minimum Gasteiger partial charge on any atom is -0.352 e. The number of nitrogens with one attached hydrogen (secondary N) is 2. The van der Waals surface area contributed by atoms with Crippen molar-refractivity contribution in [3.05, 3.63) is 71.3 Å². The predicted octanol–water partition coefficient (Wildman–Crippen LogP) is 4.02. The lowest BCUT2D eigenvalue weighted by molar-refractivity contribution is -0.121. The van der Waals surface area contributed by atoms with Crippen LogP contribution in [0.15, 0.2) is 54.6 Å². The topological polar surface area (TPSA) is 58.2 Å². The van der Waals surface area contributed by atoms with Crippen LogP contribution in [0.25, 0.3) is 0 Å². The zero-order valence-electron chi connectivity index (χ0n) is 15.8. The summed E-state index contributed by atoms with van der Waals surface area (Å²) in [5.74, 6) is 0.102. The monoisotopic (exact) mass is 352 g/mol. The Morgan fingerprint density at radius 1 is 1.00 bits per heavy atom. The van der Waals surface area contributed by atoms with Gasteiger partial charge in [-0.05, 0) is 42.5 Å². The summed E-state index contributed by atoms with van der Waals surface area (Å²) in [5.41, 5.74) is 2.70. The molecule has 0 spiro atoms. The fourth-order valence-corrected chi connectivity index (χ4v) is 2.68. The molecule has 2 atom stereocenters. The molecule has 0 aromatic heterocycles. The summed E-state index contributed by atoms with van der Waals surface area (Å²) in [6, 6.07) is 17.6. The number of carbonyl (C=O) groups excluding carboxylic acids is 2. The van der Waals surface area contributed by atoms with E-state index < -0.39 is 0 Å². The largest absolute Gasteiger partial charge is 0.352 e. The molecule has 26 heavy (non-hydrogen) atoms. The Labute approximate surface area is 156 Å². The number of carbonyl (C=O) groups is 2. The van der Waals surface area contributed by atoms with Crippen molar-refractivity contribution in [1.82, 2.24) is 10.6 Å². The molecule has 2 aromatic rings. The second kappa shape index (κ2) is 9.76. The molecule has 0 saturated carbocycles. The van der Waals surface area contributed by atoms with E-state index in [2.05, 4.69) is 17.6 Å². The Hall–Kier alpha value is -2.62. The normalized spacial score (nSPS) is 12.9. The van der Waals surface area contributed by atoms with Crippen LogP contribution in [0.4, 0.5) is 0 Å². The van der Waals surface area contributed by atoms with Crippen LogP contribution in [-0.4, -0.2) is 17.9 Å². The lowest BCUT2D eigenvalue weighted by Gasteiger charge is -2.13. The molecule has 2 aromatic carbocycles. The molecule has 4 nitrogen and oxygen atoms in total. The first-order chi connectivity index (χ1) is 12.5. The smallest absolute Gasteiger partial charge is 0.251 e. The first-order valence-corrected chi connectivity index (χ1v) is 9.21. The predicted molar refractivity (Wildman–Crippen MR) is 105 cm³/mol. The molecular formula is C22H28N2O2. The molecule has 0 fully saturated rings.